The fourth-order valence-corrected chi connectivity index (χ4v) is 3.97. The molecule has 0 unspecified atom stereocenters. The van der Waals surface area contributed by atoms with Crippen LogP contribution in [0.15, 0.2) is 41.8 Å². The van der Waals surface area contributed by atoms with Gasteiger partial charge in [0.2, 0.25) is 0 Å². The second-order valence-corrected chi connectivity index (χ2v) is 7.36. The van der Waals surface area contributed by atoms with Crippen LogP contribution in [0, 0.1) is 0 Å². The summed E-state index contributed by atoms with van der Waals surface area (Å²) in [5.74, 6) is -0.696. The van der Waals surface area contributed by atoms with E-state index in [1.54, 1.807) is 30.3 Å². The van der Waals surface area contributed by atoms with E-state index in [-0.39, 0.29) is 11.8 Å². The number of carbonyl (C=O) groups excluding carboxylic acids is 2. The zero-order valence-corrected chi connectivity index (χ0v) is 15.1. The van der Waals surface area contributed by atoms with Gasteiger partial charge in [-0.05, 0) is 29.6 Å². The third-order valence-electron chi connectivity index (χ3n) is 4.74. The van der Waals surface area contributed by atoms with Gasteiger partial charge in [0.25, 0.3) is 11.8 Å². The van der Waals surface area contributed by atoms with Gasteiger partial charge in [-0.15, -0.1) is 11.3 Å². The van der Waals surface area contributed by atoms with E-state index in [1.165, 1.54) is 11.3 Å². The van der Waals surface area contributed by atoms with Gasteiger partial charge in [-0.3, -0.25) is 9.59 Å². The lowest BCUT2D eigenvalue weighted by Crippen LogP contribution is -2.47. The molecule has 3 heterocycles. The van der Waals surface area contributed by atoms with Crippen molar-refractivity contribution < 1.29 is 19.1 Å². The molecule has 0 aliphatic carbocycles. The number of ether oxygens (including phenoxy) is 2. The van der Waals surface area contributed by atoms with E-state index in [4.69, 9.17) is 9.47 Å². The standard InChI is InChI=1S/C19H20N2O4S/c22-17(16-5-2-12-26-16)20-15-4-1-3-14(13-15)18(23)21-8-6-19(7-9-21)24-10-11-25-19/h1-5,12-13H,6-11H2,(H,20,22). The summed E-state index contributed by atoms with van der Waals surface area (Å²) < 4.78 is 11.4. The first-order valence-corrected chi connectivity index (χ1v) is 9.55. The van der Waals surface area contributed by atoms with Gasteiger partial charge in [0.1, 0.15) is 0 Å². The van der Waals surface area contributed by atoms with Crippen molar-refractivity contribution in [1.82, 2.24) is 4.90 Å². The Balaban J connectivity index is 1.41. The normalized spacial score (nSPS) is 18.8. The number of benzene rings is 1. The molecule has 7 heteroatoms. The van der Waals surface area contributed by atoms with Crippen LogP contribution in [0.5, 0.6) is 0 Å². The van der Waals surface area contributed by atoms with E-state index in [1.807, 2.05) is 16.3 Å². The second kappa shape index (κ2) is 7.19. The number of rotatable bonds is 3. The molecular formula is C19H20N2O4S. The third kappa shape index (κ3) is 3.51. The van der Waals surface area contributed by atoms with Gasteiger partial charge in [0, 0.05) is 37.2 Å². The van der Waals surface area contributed by atoms with Crippen molar-refractivity contribution in [2.24, 2.45) is 0 Å². The molecule has 0 bridgehead atoms. The summed E-state index contributed by atoms with van der Waals surface area (Å²) in [7, 11) is 0. The zero-order chi connectivity index (χ0) is 18.0. The average molecular weight is 372 g/mol. The maximum Gasteiger partial charge on any atom is 0.265 e. The largest absolute Gasteiger partial charge is 0.347 e. The monoisotopic (exact) mass is 372 g/mol. The van der Waals surface area contributed by atoms with E-state index in [9.17, 15) is 9.59 Å². The maximum absolute atomic E-state index is 12.8. The summed E-state index contributed by atoms with van der Waals surface area (Å²) >= 11 is 1.38. The zero-order valence-electron chi connectivity index (χ0n) is 14.3. The van der Waals surface area contributed by atoms with Gasteiger partial charge < -0.3 is 19.7 Å². The molecule has 136 valence electrons. The second-order valence-electron chi connectivity index (χ2n) is 6.41. The molecule has 0 saturated carbocycles. The van der Waals surface area contributed by atoms with E-state index in [2.05, 4.69) is 5.32 Å². The molecule has 0 atom stereocenters. The van der Waals surface area contributed by atoms with Crippen molar-refractivity contribution in [1.29, 1.82) is 0 Å². The summed E-state index contributed by atoms with van der Waals surface area (Å²) in [6.07, 6.45) is 1.38. The average Bonchev–Trinajstić information content (AvgIpc) is 3.35. The highest BCUT2D eigenvalue weighted by molar-refractivity contribution is 7.12. The van der Waals surface area contributed by atoms with Crippen LogP contribution in [0.3, 0.4) is 0 Å². The van der Waals surface area contributed by atoms with Crippen molar-refractivity contribution >= 4 is 28.8 Å². The molecule has 1 spiro atoms. The van der Waals surface area contributed by atoms with E-state index in [0.717, 1.165) is 0 Å². The van der Waals surface area contributed by atoms with Crippen LogP contribution in [0.1, 0.15) is 32.9 Å². The molecule has 6 nitrogen and oxygen atoms in total. The van der Waals surface area contributed by atoms with Crippen LogP contribution in [0.2, 0.25) is 0 Å². The summed E-state index contributed by atoms with van der Waals surface area (Å²) in [5.41, 5.74) is 1.18. The molecule has 26 heavy (non-hydrogen) atoms. The van der Waals surface area contributed by atoms with Crippen molar-refractivity contribution in [3.05, 3.63) is 52.2 Å². The fraction of sp³-hybridized carbons (Fsp3) is 0.368. The highest BCUT2D eigenvalue weighted by atomic mass is 32.1. The molecule has 2 saturated heterocycles. The maximum atomic E-state index is 12.8. The summed E-state index contributed by atoms with van der Waals surface area (Å²) in [6.45, 7) is 2.45. The SMILES string of the molecule is O=C(Nc1cccc(C(=O)N2CCC3(CC2)OCCO3)c1)c1cccs1. The Kier molecular flexibility index (Phi) is 4.76. The van der Waals surface area contributed by atoms with E-state index < -0.39 is 5.79 Å². The number of likely N-dealkylation sites (tertiary alicyclic amines) is 1. The van der Waals surface area contributed by atoms with Crippen molar-refractivity contribution in [3.8, 4) is 0 Å². The Morgan fingerprint density at radius 2 is 1.85 bits per heavy atom. The molecule has 2 fully saturated rings. The van der Waals surface area contributed by atoms with Crippen molar-refractivity contribution in [2.75, 3.05) is 31.6 Å². The predicted octanol–water partition coefficient (Wildman–Crippen LogP) is 2.98. The minimum atomic E-state index is -0.493. The summed E-state index contributed by atoms with van der Waals surface area (Å²) in [4.78, 5) is 27.4. The lowest BCUT2D eigenvalue weighted by atomic mass is 10.0. The number of nitrogens with one attached hydrogen (secondary N) is 1. The van der Waals surface area contributed by atoms with E-state index in [0.29, 0.717) is 55.3 Å². The molecule has 1 aromatic carbocycles. The molecule has 1 N–H and O–H groups in total. The first-order chi connectivity index (χ1) is 12.7. The first kappa shape index (κ1) is 17.2. The molecule has 0 radical (unpaired) electrons. The minimum Gasteiger partial charge on any atom is -0.347 e. The molecule has 1 aromatic heterocycles. The smallest absolute Gasteiger partial charge is 0.265 e. The van der Waals surface area contributed by atoms with Crippen molar-refractivity contribution in [2.45, 2.75) is 18.6 Å². The van der Waals surface area contributed by atoms with Crippen LogP contribution >= 0.6 is 11.3 Å². The Morgan fingerprint density at radius 1 is 1.08 bits per heavy atom. The van der Waals surface area contributed by atoms with Crippen LogP contribution < -0.4 is 5.32 Å². The highest BCUT2D eigenvalue weighted by Crippen LogP contribution is 2.31. The lowest BCUT2D eigenvalue weighted by Gasteiger charge is -2.37. The minimum absolute atomic E-state index is 0.0370. The third-order valence-corrected chi connectivity index (χ3v) is 5.61. The molecule has 4 rings (SSSR count). The Labute approximate surface area is 155 Å². The molecular weight excluding hydrogens is 352 g/mol. The number of hydrogen-bond donors (Lipinski definition) is 1. The Bertz CT molecular complexity index is 790. The molecule has 2 aliphatic heterocycles. The number of anilines is 1. The van der Waals surface area contributed by atoms with Crippen LogP contribution in [-0.2, 0) is 9.47 Å². The number of hydrogen-bond acceptors (Lipinski definition) is 5. The quantitative estimate of drug-likeness (QED) is 0.899. The number of amides is 2. The van der Waals surface area contributed by atoms with Gasteiger partial charge >= 0.3 is 0 Å². The number of piperidine rings is 1. The van der Waals surface area contributed by atoms with Gasteiger partial charge in [-0.1, -0.05) is 12.1 Å². The first-order valence-electron chi connectivity index (χ1n) is 8.67. The molecule has 2 aromatic rings. The summed E-state index contributed by atoms with van der Waals surface area (Å²) in [5, 5.41) is 4.70. The molecule has 2 amide bonds. The van der Waals surface area contributed by atoms with E-state index >= 15 is 0 Å². The predicted molar refractivity (Wildman–Crippen MR) is 98.5 cm³/mol. The number of nitrogens with zero attached hydrogens (tertiary/aromatic N) is 1. The highest BCUT2D eigenvalue weighted by Gasteiger charge is 2.40. The van der Waals surface area contributed by atoms with Crippen LogP contribution in [0.4, 0.5) is 5.69 Å². The van der Waals surface area contributed by atoms with Gasteiger partial charge in [0.05, 0.1) is 18.1 Å². The molecule has 2 aliphatic rings. The van der Waals surface area contributed by atoms with Gasteiger partial charge in [-0.25, -0.2) is 0 Å². The summed E-state index contributed by atoms with van der Waals surface area (Å²) in [6, 6.07) is 10.7. The number of carbonyl (C=O) groups is 2. The Morgan fingerprint density at radius 3 is 2.54 bits per heavy atom. The van der Waals surface area contributed by atoms with Gasteiger partial charge in [-0.2, -0.15) is 0 Å². The Hall–Kier alpha value is -2.22. The topological polar surface area (TPSA) is 67.9 Å². The number of thiophene rings is 1. The fourth-order valence-electron chi connectivity index (χ4n) is 3.35. The van der Waals surface area contributed by atoms with Gasteiger partial charge in [0.15, 0.2) is 5.79 Å². The van der Waals surface area contributed by atoms with Crippen LogP contribution in [0.25, 0.3) is 0 Å². The lowest BCUT2D eigenvalue weighted by molar-refractivity contribution is -0.181. The van der Waals surface area contributed by atoms with Crippen molar-refractivity contribution in [3.63, 3.8) is 0 Å². The van der Waals surface area contributed by atoms with Crippen LogP contribution in [-0.4, -0.2) is 48.8 Å².